The molecule has 2 atom stereocenters. The second-order valence-electron chi connectivity index (χ2n) is 5.17. The van der Waals surface area contributed by atoms with Crippen molar-refractivity contribution in [1.82, 2.24) is 5.32 Å². The first-order chi connectivity index (χ1) is 9.81. The number of rotatable bonds is 7. The number of methoxy groups -OCH3 is 1. The minimum atomic E-state index is 0.381. The second-order valence-corrected chi connectivity index (χ2v) is 6.18. The Hall–Kier alpha value is -1.00. The smallest absolute Gasteiger partial charge is 0.157 e. The normalized spacial score (nSPS) is 19.7. The van der Waals surface area contributed by atoms with Crippen molar-refractivity contribution < 1.29 is 4.74 Å². The molecule has 0 saturated heterocycles. The van der Waals surface area contributed by atoms with Gasteiger partial charge in [0.05, 0.1) is 18.7 Å². The Balaban J connectivity index is 1.86. The standard InChI is InChI=1S/C16H24N2OS/c1-3-7-14(11-19-2)17-16-18-15(12-20-16)10-13-8-5-4-6-9-13/h4-6,8-9,14-15H,3,7,10-12H2,1-2H3,(H,17,18). The molecule has 2 rings (SSSR count). The fourth-order valence-electron chi connectivity index (χ4n) is 2.41. The van der Waals surface area contributed by atoms with Gasteiger partial charge in [0, 0.05) is 12.9 Å². The minimum absolute atomic E-state index is 0.381. The number of thioether (sulfide) groups is 1. The van der Waals surface area contributed by atoms with Crippen LogP contribution < -0.4 is 5.32 Å². The van der Waals surface area contributed by atoms with Crippen molar-refractivity contribution in [1.29, 1.82) is 0 Å². The topological polar surface area (TPSA) is 33.6 Å². The lowest BCUT2D eigenvalue weighted by molar-refractivity contribution is 0.170. The molecule has 0 bridgehead atoms. The molecule has 1 aliphatic heterocycles. The Morgan fingerprint density at radius 2 is 2.20 bits per heavy atom. The zero-order valence-corrected chi connectivity index (χ0v) is 13.2. The van der Waals surface area contributed by atoms with E-state index in [1.807, 2.05) is 11.8 Å². The molecule has 0 radical (unpaired) electrons. The second kappa shape index (κ2) is 8.32. The van der Waals surface area contributed by atoms with Crippen LogP contribution in [-0.2, 0) is 11.2 Å². The molecule has 1 N–H and O–H groups in total. The van der Waals surface area contributed by atoms with Gasteiger partial charge in [-0.25, -0.2) is 0 Å². The molecule has 0 spiro atoms. The summed E-state index contributed by atoms with van der Waals surface area (Å²) in [6.45, 7) is 2.95. The van der Waals surface area contributed by atoms with Crippen LogP contribution in [0, 0.1) is 0 Å². The first-order valence-corrected chi connectivity index (χ1v) is 8.30. The summed E-state index contributed by atoms with van der Waals surface area (Å²) in [5.74, 6) is 1.07. The Kier molecular flexibility index (Phi) is 6.40. The average Bonchev–Trinajstić information content (AvgIpc) is 2.88. The Bertz CT molecular complexity index is 416. The number of ether oxygens (including phenoxy) is 1. The number of aliphatic imine (C=N–C) groups is 1. The highest BCUT2D eigenvalue weighted by atomic mass is 32.2. The zero-order chi connectivity index (χ0) is 14.2. The van der Waals surface area contributed by atoms with Gasteiger partial charge in [-0.3, -0.25) is 4.99 Å². The van der Waals surface area contributed by atoms with E-state index in [-0.39, 0.29) is 0 Å². The van der Waals surface area contributed by atoms with Gasteiger partial charge in [-0.05, 0) is 18.4 Å². The van der Waals surface area contributed by atoms with E-state index < -0.39 is 0 Å². The molecule has 2 unspecified atom stereocenters. The molecular formula is C16H24N2OS. The first-order valence-electron chi connectivity index (χ1n) is 7.31. The molecule has 0 aromatic heterocycles. The molecule has 1 aliphatic rings. The van der Waals surface area contributed by atoms with Crippen LogP contribution in [0.1, 0.15) is 25.3 Å². The summed E-state index contributed by atoms with van der Waals surface area (Å²) in [6, 6.07) is 11.4. The van der Waals surface area contributed by atoms with Gasteiger partial charge in [-0.15, -0.1) is 0 Å². The summed E-state index contributed by atoms with van der Waals surface area (Å²) in [6.07, 6.45) is 3.31. The number of nitrogens with one attached hydrogen (secondary N) is 1. The first kappa shape index (κ1) is 15.4. The fraction of sp³-hybridized carbons (Fsp3) is 0.562. The van der Waals surface area contributed by atoms with Gasteiger partial charge in [0.15, 0.2) is 5.17 Å². The molecule has 0 saturated carbocycles. The quantitative estimate of drug-likeness (QED) is 0.838. The highest BCUT2D eigenvalue weighted by molar-refractivity contribution is 8.14. The number of hydrogen-bond donors (Lipinski definition) is 1. The van der Waals surface area contributed by atoms with Gasteiger partial charge in [0.1, 0.15) is 0 Å². The SMILES string of the molecule is CCCC(COC)NC1=NC(Cc2ccccc2)CS1. The van der Waals surface area contributed by atoms with Crippen LogP contribution in [0.25, 0.3) is 0 Å². The maximum atomic E-state index is 5.26. The molecule has 1 aromatic rings. The molecule has 4 heteroatoms. The molecule has 1 aromatic carbocycles. The lowest BCUT2D eigenvalue weighted by Crippen LogP contribution is -2.35. The van der Waals surface area contributed by atoms with Gasteiger partial charge in [0.2, 0.25) is 0 Å². The van der Waals surface area contributed by atoms with Crippen molar-refractivity contribution in [2.45, 2.75) is 38.3 Å². The highest BCUT2D eigenvalue weighted by Crippen LogP contribution is 2.20. The summed E-state index contributed by atoms with van der Waals surface area (Å²) < 4.78 is 5.26. The number of amidine groups is 1. The third kappa shape index (κ3) is 4.84. The van der Waals surface area contributed by atoms with E-state index in [1.54, 1.807) is 7.11 Å². The summed E-state index contributed by atoms with van der Waals surface area (Å²) in [4.78, 5) is 4.80. The van der Waals surface area contributed by atoms with Crippen LogP contribution in [0.3, 0.4) is 0 Å². The lowest BCUT2D eigenvalue weighted by Gasteiger charge is -2.17. The van der Waals surface area contributed by atoms with E-state index in [0.29, 0.717) is 12.1 Å². The van der Waals surface area contributed by atoms with E-state index >= 15 is 0 Å². The summed E-state index contributed by atoms with van der Waals surface area (Å²) >= 11 is 1.83. The largest absolute Gasteiger partial charge is 0.383 e. The zero-order valence-electron chi connectivity index (χ0n) is 12.3. The van der Waals surface area contributed by atoms with E-state index in [0.717, 1.165) is 36.8 Å². The molecule has 0 fully saturated rings. The van der Waals surface area contributed by atoms with Crippen LogP contribution >= 0.6 is 11.8 Å². The Morgan fingerprint density at radius 3 is 2.90 bits per heavy atom. The fourth-order valence-corrected chi connectivity index (χ4v) is 3.42. The van der Waals surface area contributed by atoms with E-state index in [9.17, 15) is 0 Å². The van der Waals surface area contributed by atoms with E-state index in [4.69, 9.17) is 9.73 Å². The summed E-state index contributed by atoms with van der Waals surface area (Å²) in [7, 11) is 1.76. The van der Waals surface area contributed by atoms with E-state index in [1.165, 1.54) is 5.56 Å². The maximum Gasteiger partial charge on any atom is 0.157 e. The van der Waals surface area contributed by atoms with Crippen molar-refractivity contribution in [3.63, 3.8) is 0 Å². The third-order valence-electron chi connectivity index (χ3n) is 3.36. The van der Waals surface area contributed by atoms with Crippen LogP contribution in [-0.4, -0.2) is 36.7 Å². The van der Waals surface area contributed by atoms with Crippen molar-refractivity contribution in [3.8, 4) is 0 Å². The molecule has 1 heterocycles. The number of nitrogens with zero attached hydrogens (tertiary/aromatic N) is 1. The van der Waals surface area contributed by atoms with Crippen LogP contribution in [0.5, 0.6) is 0 Å². The molecule has 0 amide bonds. The molecular weight excluding hydrogens is 268 g/mol. The Morgan fingerprint density at radius 1 is 1.40 bits per heavy atom. The lowest BCUT2D eigenvalue weighted by atomic mass is 10.1. The predicted molar refractivity (Wildman–Crippen MR) is 87.5 cm³/mol. The van der Waals surface area contributed by atoms with Crippen LogP contribution in [0.15, 0.2) is 35.3 Å². The molecule has 110 valence electrons. The van der Waals surface area contributed by atoms with Crippen molar-refractivity contribution in [3.05, 3.63) is 35.9 Å². The maximum absolute atomic E-state index is 5.26. The van der Waals surface area contributed by atoms with Gasteiger partial charge < -0.3 is 10.1 Å². The molecule has 20 heavy (non-hydrogen) atoms. The molecule has 3 nitrogen and oxygen atoms in total. The van der Waals surface area contributed by atoms with Crippen molar-refractivity contribution in [2.24, 2.45) is 4.99 Å². The van der Waals surface area contributed by atoms with Crippen molar-refractivity contribution >= 4 is 16.9 Å². The van der Waals surface area contributed by atoms with Crippen LogP contribution in [0.2, 0.25) is 0 Å². The number of benzene rings is 1. The third-order valence-corrected chi connectivity index (χ3v) is 4.41. The predicted octanol–water partition coefficient (Wildman–Crippen LogP) is 3.11. The van der Waals surface area contributed by atoms with E-state index in [2.05, 4.69) is 42.6 Å². The summed E-state index contributed by atoms with van der Waals surface area (Å²) in [5, 5.41) is 4.61. The Labute approximate surface area is 126 Å². The van der Waals surface area contributed by atoms with Gasteiger partial charge in [-0.2, -0.15) is 0 Å². The number of hydrogen-bond acceptors (Lipinski definition) is 4. The minimum Gasteiger partial charge on any atom is -0.383 e. The average molecular weight is 292 g/mol. The molecule has 0 aliphatic carbocycles. The summed E-state index contributed by atoms with van der Waals surface area (Å²) in [5.41, 5.74) is 1.37. The van der Waals surface area contributed by atoms with Crippen molar-refractivity contribution in [2.75, 3.05) is 19.5 Å². The van der Waals surface area contributed by atoms with Crippen LogP contribution in [0.4, 0.5) is 0 Å². The van der Waals surface area contributed by atoms with Gasteiger partial charge in [0.25, 0.3) is 0 Å². The van der Waals surface area contributed by atoms with Gasteiger partial charge >= 0.3 is 0 Å². The van der Waals surface area contributed by atoms with Gasteiger partial charge in [-0.1, -0.05) is 55.4 Å². The monoisotopic (exact) mass is 292 g/mol. The highest BCUT2D eigenvalue weighted by Gasteiger charge is 2.20.